The smallest absolute Gasteiger partial charge is 0.205 e. The third-order valence-corrected chi connectivity index (χ3v) is 1.75. The Morgan fingerprint density at radius 2 is 2.50 bits per heavy atom. The van der Waals surface area contributed by atoms with Gasteiger partial charge in [0.05, 0.1) is 4.48 Å². The highest BCUT2D eigenvalue weighted by molar-refractivity contribution is 9.12. The number of carbonyl (C=O) groups is 1. The normalized spacial score (nSPS) is 24.8. The number of ketones is 1. The van der Waals surface area contributed by atoms with Crippen molar-refractivity contribution >= 4 is 27.9 Å². The van der Waals surface area contributed by atoms with Gasteiger partial charge >= 0.3 is 0 Å². The highest BCUT2D eigenvalue weighted by Gasteiger charge is 2.20. The van der Waals surface area contributed by atoms with Gasteiger partial charge in [-0.2, -0.15) is 0 Å². The van der Waals surface area contributed by atoms with Crippen LogP contribution in [0.4, 0.5) is 0 Å². The van der Waals surface area contributed by atoms with E-state index >= 15 is 0 Å². The van der Waals surface area contributed by atoms with Crippen molar-refractivity contribution in [3.8, 4) is 0 Å². The van der Waals surface area contributed by atoms with Crippen molar-refractivity contribution in [3.05, 3.63) is 10.7 Å². The predicted octanol–water partition coefficient (Wildman–Crippen LogP) is 0.891. The first-order valence-corrected chi connectivity index (χ1v) is 3.51. The quantitative estimate of drug-likeness (QED) is 0.636. The zero-order chi connectivity index (χ0) is 7.56. The molecule has 54 valence electrons. The molecule has 4 heteroatoms. The summed E-state index contributed by atoms with van der Waals surface area (Å²) in [5, 5.41) is 0. The second-order valence-corrected chi connectivity index (χ2v) is 2.65. The van der Waals surface area contributed by atoms with E-state index in [2.05, 4.69) is 20.9 Å². The second-order valence-electron chi connectivity index (χ2n) is 1.80. The molecule has 1 atom stereocenters. The number of methoxy groups -OCH3 is 1. The van der Waals surface area contributed by atoms with Crippen molar-refractivity contribution in [1.29, 1.82) is 0 Å². The summed E-state index contributed by atoms with van der Waals surface area (Å²) in [4.78, 5) is 14.8. The van der Waals surface area contributed by atoms with Crippen LogP contribution in [-0.2, 0) is 9.53 Å². The van der Waals surface area contributed by atoms with Crippen molar-refractivity contribution in [2.75, 3.05) is 7.11 Å². The molecule has 0 N–H and O–H groups in total. The lowest BCUT2D eigenvalue weighted by Crippen LogP contribution is -2.26. The van der Waals surface area contributed by atoms with Crippen LogP contribution in [0.15, 0.2) is 15.7 Å². The van der Waals surface area contributed by atoms with Gasteiger partial charge < -0.3 is 4.74 Å². The molecule has 0 saturated heterocycles. The van der Waals surface area contributed by atoms with Crippen LogP contribution in [-0.4, -0.2) is 25.2 Å². The molecular weight excluding hydrogens is 198 g/mol. The Kier molecular flexibility index (Phi) is 2.34. The first kappa shape index (κ1) is 7.63. The summed E-state index contributed by atoms with van der Waals surface area (Å²) in [6, 6.07) is 0. The van der Waals surface area contributed by atoms with E-state index in [0.29, 0.717) is 4.48 Å². The Morgan fingerprint density at radius 1 is 1.80 bits per heavy atom. The van der Waals surface area contributed by atoms with Gasteiger partial charge in [-0.05, 0) is 15.9 Å². The summed E-state index contributed by atoms with van der Waals surface area (Å²) >= 11 is 3.05. The number of Topliss-reactive ketones (excluding diaryl/α,β-unsaturated/α-hetero) is 1. The Balaban J connectivity index is 2.78. The first-order valence-electron chi connectivity index (χ1n) is 2.71. The Labute approximate surface area is 66.9 Å². The molecule has 0 bridgehead atoms. The lowest BCUT2D eigenvalue weighted by atomic mass is 10.2. The summed E-state index contributed by atoms with van der Waals surface area (Å²) in [6.45, 7) is 0. The van der Waals surface area contributed by atoms with Gasteiger partial charge in [0.15, 0.2) is 6.10 Å². The number of rotatable bonds is 1. The highest BCUT2D eigenvalue weighted by atomic mass is 79.9. The van der Waals surface area contributed by atoms with Gasteiger partial charge in [-0.1, -0.05) is 0 Å². The van der Waals surface area contributed by atoms with Gasteiger partial charge in [-0.25, -0.2) is 0 Å². The van der Waals surface area contributed by atoms with Gasteiger partial charge in [0.25, 0.3) is 0 Å². The number of hydrogen-bond acceptors (Lipinski definition) is 3. The van der Waals surface area contributed by atoms with Gasteiger partial charge in [-0.3, -0.25) is 9.79 Å². The Morgan fingerprint density at radius 3 is 3.00 bits per heavy atom. The molecule has 0 radical (unpaired) electrons. The predicted molar refractivity (Wildman–Crippen MR) is 41.3 cm³/mol. The molecule has 0 spiro atoms. The maximum Gasteiger partial charge on any atom is 0.205 e. The molecule has 0 fully saturated rings. The summed E-state index contributed by atoms with van der Waals surface area (Å²) < 4.78 is 5.26. The molecule has 0 aliphatic carbocycles. The first-order chi connectivity index (χ1) is 4.75. The lowest BCUT2D eigenvalue weighted by Gasteiger charge is -2.10. The molecule has 1 aliphatic heterocycles. The Hall–Kier alpha value is -0.480. The molecule has 1 heterocycles. The van der Waals surface area contributed by atoms with Gasteiger partial charge in [0.1, 0.15) is 0 Å². The molecule has 10 heavy (non-hydrogen) atoms. The fourth-order valence-corrected chi connectivity index (χ4v) is 0.966. The van der Waals surface area contributed by atoms with E-state index in [9.17, 15) is 4.79 Å². The number of carbonyl (C=O) groups excluding carboxylic acids is 1. The van der Waals surface area contributed by atoms with Crippen LogP contribution in [0.1, 0.15) is 0 Å². The van der Waals surface area contributed by atoms with Gasteiger partial charge in [-0.15, -0.1) is 0 Å². The van der Waals surface area contributed by atoms with E-state index in [1.807, 2.05) is 0 Å². The van der Waals surface area contributed by atoms with Gasteiger partial charge in [0, 0.05) is 19.5 Å². The minimum Gasteiger partial charge on any atom is -0.368 e. The number of hydrogen-bond donors (Lipinski definition) is 0. The SMILES string of the molecule is COC1C=NC=C(Br)C1=O. The standard InChI is InChI=1S/C6H6BrNO2/c1-10-5-3-8-2-4(7)6(5)9/h2-3,5H,1H3. The van der Waals surface area contributed by atoms with Crippen LogP contribution in [0, 0.1) is 0 Å². The van der Waals surface area contributed by atoms with Crippen LogP contribution in [0.25, 0.3) is 0 Å². The average molecular weight is 204 g/mol. The third kappa shape index (κ3) is 1.33. The molecule has 1 unspecified atom stereocenters. The fraction of sp³-hybridized carbons (Fsp3) is 0.333. The zero-order valence-corrected chi connectivity index (χ0v) is 6.96. The van der Waals surface area contributed by atoms with Crippen LogP contribution >= 0.6 is 15.9 Å². The summed E-state index contributed by atoms with van der Waals surface area (Å²) in [5.41, 5.74) is 0. The lowest BCUT2D eigenvalue weighted by molar-refractivity contribution is -0.120. The molecule has 0 amide bonds. The number of nitrogens with zero attached hydrogens (tertiary/aromatic N) is 1. The van der Waals surface area contributed by atoms with E-state index in [0.717, 1.165) is 0 Å². The van der Waals surface area contributed by atoms with Crippen molar-refractivity contribution in [1.82, 2.24) is 0 Å². The molecule has 0 aromatic heterocycles. The minimum absolute atomic E-state index is 0.0856. The van der Waals surface area contributed by atoms with Crippen LogP contribution in [0.3, 0.4) is 0 Å². The van der Waals surface area contributed by atoms with Crippen molar-refractivity contribution in [3.63, 3.8) is 0 Å². The minimum atomic E-state index is -0.514. The van der Waals surface area contributed by atoms with Crippen LogP contribution < -0.4 is 0 Å². The van der Waals surface area contributed by atoms with Crippen LogP contribution in [0.5, 0.6) is 0 Å². The molecule has 0 saturated carbocycles. The summed E-state index contributed by atoms with van der Waals surface area (Å²) in [6.07, 6.45) is 2.41. The fourth-order valence-electron chi connectivity index (χ4n) is 0.622. The second kappa shape index (κ2) is 3.07. The monoisotopic (exact) mass is 203 g/mol. The largest absolute Gasteiger partial charge is 0.368 e. The number of aliphatic imine (C=N–C) groups is 1. The summed E-state index contributed by atoms with van der Waals surface area (Å²) in [5.74, 6) is -0.0856. The maximum absolute atomic E-state index is 11.0. The highest BCUT2D eigenvalue weighted by Crippen LogP contribution is 2.13. The third-order valence-electron chi connectivity index (χ3n) is 1.16. The van der Waals surface area contributed by atoms with E-state index in [1.165, 1.54) is 19.5 Å². The molecular formula is C6H6BrNO2. The Bertz CT molecular complexity index is 210. The van der Waals surface area contributed by atoms with Gasteiger partial charge in [0.2, 0.25) is 5.78 Å². The average Bonchev–Trinajstić information content (AvgIpc) is 1.95. The topological polar surface area (TPSA) is 38.7 Å². The van der Waals surface area contributed by atoms with Crippen molar-refractivity contribution < 1.29 is 9.53 Å². The van der Waals surface area contributed by atoms with Crippen molar-refractivity contribution in [2.24, 2.45) is 4.99 Å². The molecule has 1 rings (SSSR count). The number of halogens is 1. The summed E-state index contributed by atoms with van der Waals surface area (Å²) in [7, 11) is 1.47. The molecule has 3 nitrogen and oxygen atoms in total. The van der Waals surface area contributed by atoms with Crippen LogP contribution in [0.2, 0.25) is 0 Å². The molecule has 1 aliphatic rings. The molecule has 0 aromatic carbocycles. The number of ether oxygens (including phenoxy) is 1. The van der Waals surface area contributed by atoms with E-state index < -0.39 is 6.10 Å². The maximum atomic E-state index is 11.0. The van der Waals surface area contributed by atoms with E-state index in [4.69, 9.17) is 4.74 Å². The van der Waals surface area contributed by atoms with E-state index in [1.54, 1.807) is 0 Å². The zero-order valence-electron chi connectivity index (χ0n) is 5.37. The van der Waals surface area contributed by atoms with E-state index in [-0.39, 0.29) is 5.78 Å². The van der Waals surface area contributed by atoms with Crippen molar-refractivity contribution in [2.45, 2.75) is 6.10 Å². The molecule has 0 aromatic rings.